The summed E-state index contributed by atoms with van der Waals surface area (Å²) in [5.74, 6) is 0.0550. The van der Waals surface area contributed by atoms with Crippen LogP contribution in [0.2, 0.25) is 0 Å². The van der Waals surface area contributed by atoms with Crippen LogP contribution in [0.5, 0.6) is 0 Å². The van der Waals surface area contributed by atoms with Gasteiger partial charge in [-0.2, -0.15) is 0 Å². The molecule has 1 aliphatic rings. The molecule has 10 heavy (non-hydrogen) atoms. The normalized spacial score (nSPS) is 24.3. The number of methoxy groups -OCH3 is 1. The van der Waals surface area contributed by atoms with Crippen molar-refractivity contribution in [1.82, 2.24) is 0 Å². The van der Waals surface area contributed by atoms with Crippen molar-refractivity contribution >= 4 is 5.97 Å². The molecule has 1 atom stereocenters. The van der Waals surface area contributed by atoms with E-state index in [0.29, 0.717) is 0 Å². The number of allylic oxidation sites excluding steroid dienone is 2. The van der Waals surface area contributed by atoms with Gasteiger partial charge in [-0.05, 0) is 19.3 Å². The molecule has 2 heteroatoms. The predicted octanol–water partition coefficient (Wildman–Crippen LogP) is 1.52. The van der Waals surface area contributed by atoms with Gasteiger partial charge in [-0.1, -0.05) is 12.2 Å². The van der Waals surface area contributed by atoms with Crippen LogP contribution in [0, 0.1) is 5.92 Å². The first-order valence-electron chi connectivity index (χ1n) is 3.57. The summed E-state index contributed by atoms with van der Waals surface area (Å²) in [6.07, 6.45) is 6.97. The Bertz CT molecular complexity index is 149. The summed E-state index contributed by atoms with van der Waals surface area (Å²) in [4.78, 5) is 10.9. The Hall–Kier alpha value is -0.790. The summed E-state index contributed by atoms with van der Waals surface area (Å²) in [5, 5.41) is 0. The number of esters is 1. The second kappa shape index (κ2) is 3.40. The zero-order valence-electron chi connectivity index (χ0n) is 6.17. The van der Waals surface area contributed by atoms with Crippen molar-refractivity contribution < 1.29 is 9.53 Å². The Balaban J connectivity index is 2.41. The number of rotatable bonds is 1. The van der Waals surface area contributed by atoms with Crippen LogP contribution in [0.1, 0.15) is 19.3 Å². The van der Waals surface area contributed by atoms with Crippen molar-refractivity contribution in [3.63, 3.8) is 0 Å². The quantitative estimate of drug-likeness (QED) is 0.407. The summed E-state index contributed by atoms with van der Waals surface area (Å²) in [6.45, 7) is 0. The van der Waals surface area contributed by atoms with E-state index in [2.05, 4.69) is 10.8 Å². The molecule has 1 rings (SSSR count). The molecule has 0 saturated carbocycles. The first-order valence-corrected chi connectivity index (χ1v) is 3.57. The van der Waals surface area contributed by atoms with E-state index in [0.717, 1.165) is 19.3 Å². The standard InChI is InChI=1S/C8H12O2/c1-10-8(9)7-5-3-2-4-6-7/h2-3,7H,4-6H2,1H3/t7-/m1/s1. The van der Waals surface area contributed by atoms with Crippen LogP contribution < -0.4 is 0 Å². The first-order chi connectivity index (χ1) is 4.84. The Labute approximate surface area is 60.9 Å². The zero-order chi connectivity index (χ0) is 7.40. The van der Waals surface area contributed by atoms with Crippen LogP contribution in [0.4, 0.5) is 0 Å². The van der Waals surface area contributed by atoms with Crippen molar-refractivity contribution in [2.24, 2.45) is 5.92 Å². The van der Waals surface area contributed by atoms with Crippen molar-refractivity contribution in [1.29, 1.82) is 0 Å². The molecule has 0 radical (unpaired) electrons. The molecular weight excluding hydrogens is 128 g/mol. The van der Waals surface area contributed by atoms with E-state index < -0.39 is 0 Å². The van der Waals surface area contributed by atoms with Crippen LogP contribution in [0.15, 0.2) is 12.2 Å². The molecule has 0 fully saturated rings. The van der Waals surface area contributed by atoms with Crippen molar-refractivity contribution in [2.75, 3.05) is 7.11 Å². The third kappa shape index (κ3) is 1.59. The maximum absolute atomic E-state index is 10.9. The van der Waals surface area contributed by atoms with E-state index in [9.17, 15) is 4.79 Å². The zero-order valence-corrected chi connectivity index (χ0v) is 6.17. The highest BCUT2D eigenvalue weighted by Crippen LogP contribution is 2.18. The summed E-state index contributed by atoms with van der Waals surface area (Å²) >= 11 is 0. The van der Waals surface area contributed by atoms with Crippen molar-refractivity contribution in [3.05, 3.63) is 12.2 Å². The summed E-state index contributed by atoms with van der Waals surface area (Å²) in [7, 11) is 1.45. The van der Waals surface area contributed by atoms with E-state index in [1.807, 2.05) is 6.08 Å². The lowest BCUT2D eigenvalue weighted by atomic mass is 9.95. The van der Waals surface area contributed by atoms with E-state index >= 15 is 0 Å². The van der Waals surface area contributed by atoms with Gasteiger partial charge < -0.3 is 4.74 Å². The molecule has 0 amide bonds. The van der Waals surface area contributed by atoms with Gasteiger partial charge in [-0.15, -0.1) is 0 Å². The monoisotopic (exact) mass is 140 g/mol. The molecule has 0 saturated heterocycles. The van der Waals surface area contributed by atoms with E-state index in [1.54, 1.807) is 0 Å². The number of carbonyl (C=O) groups excluding carboxylic acids is 1. The molecule has 0 spiro atoms. The topological polar surface area (TPSA) is 26.3 Å². The number of hydrogen-bond acceptors (Lipinski definition) is 2. The smallest absolute Gasteiger partial charge is 0.308 e. The van der Waals surface area contributed by atoms with Crippen molar-refractivity contribution in [2.45, 2.75) is 19.3 Å². The largest absolute Gasteiger partial charge is 0.469 e. The summed E-state index contributed by atoms with van der Waals surface area (Å²) in [5.41, 5.74) is 0. The summed E-state index contributed by atoms with van der Waals surface area (Å²) < 4.78 is 4.62. The number of ether oxygens (including phenoxy) is 1. The highest BCUT2D eigenvalue weighted by Gasteiger charge is 2.18. The van der Waals surface area contributed by atoms with Crippen LogP contribution in [-0.4, -0.2) is 13.1 Å². The van der Waals surface area contributed by atoms with Gasteiger partial charge in [0.05, 0.1) is 13.0 Å². The van der Waals surface area contributed by atoms with Crippen molar-refractivity contribution in [3.8, 4) is 0 Å². The molecule has 56 valence electrons. The van der Waals surface area contributed by atoms with Gasteiger partial charge in [0.2, 0.25) is 0 Å². The van der Waals surface area contributed by atoms with Gasteiger partial charge in [0.25, 0.3) is 0 Å². The molecular formula is C8H12O2. The van der Waals surface area contributed by atoms with Crippen LogP contribution >= 0.6 is 0 Å². The molecule has 1 aliphatic carbocycles. The molecule has 0 bridgehead atoms. The Morgan fingerprint density at radius 2 is 2.40 bits per heavy atom. The van der Waals surface area contributed by atoms with Gasteiger partial charge in [-0.25, -0.2) is 0 Å². The average Bonchev–Trinajstić information content (AvgIpc) is 2.05. The second-order valence-corrected chi connectivity index (χ2v) is 2.50. The maximum atomic E-state index is 10.9. The van der Waals surface area contributed by atoms with E-state index in [-0.39, 0.29) is 11.9 Å². The molecule has 0 aromatic heterocycles. The number of carbonyl (C=O) groups is 1. The van der Waals surface area contributed by atoms with Crippen LogP contribution in [-0.2, 0) is 9.53 Å². The Kier molecular flexibility index (Phi) is 2.49. The van der Waals surface area contributed by atoms with Crippen LogP contribution in [0.3, 0.4) is 0 Å². The van der Waals surface area contributed by atoms with Gasteiger partial charge in [-0.3, -0.25) is 4.79 Å². The lowest BCUT2D eigenvalue weighted by molar-refractivity contribution is -0.145. The van der Waals surface area contributed by atoms with Gasteiger partial charge in [0.15, 0.2) is 0 Å². The van der Waals surface area contributed by atoms with Gasteiger partial charge in [0.1, 0.15) is 0 Å². The minimum atomic E-state index is -0.0654. The Morgan fingerprint density at radius 1 is 1.60 bits per heavy atom. The third-order valence-corrected chi connectivity index (χ3v) is 1.80. The fourth-order valence-corrected chi connectivity index (χ4v) is 1.17. The van der Waals surface area contributed by atoms with Gasteiger partial charge >= 0.3 is 5.97 Å². The van der Waals surface area contributed by atoms with E-state index in [4.69, 9.17) is 0 Å². The molecule has 0 aliphatic heterocycles. The highest BCUT2D eigenvalue weighted by molar-refractivity contribution is 5.72. The lowest BCUT2D eigenvalue weighted by Gasteiger charge is -2.13. The molecule has 0 heterocycles. The second-order valence-electron chi connectivity index (χ2n) is 2.50. The minimum Gasteiger partial charge on any atom is -0.469 e. The summed E-state index contributed by atoms with van der Waals surface area (Å²) in [6, 6.07) is 0. The maximum Gasteiger partial charge on any atom is 0.308 e. The fraction of sp³-hybridized carbons (Fsp3) is 0.625. The molecule has 0 aromatic carbocycles. The highest BCUT2D eigenvalue weighted by atomic mass is 16.5. The van der Waals surface area contributed by atoms with Crippen LogP contribution in [0.25, 0.3) is 0 Å². The average molecular weight is 140 g/mol. The number of hydrogen-bond donors (Lipinski definition) is 0. The fourth-order valence-electron chi connectivity index (χ4n) is 1.17. The SMILES string of the molecule is COC(=O)[C@@H]1CC=CCC1. The lowest BCUT2D eigenvalue weighted by Crippen LogP contribution is -2.16. The van der Waals surface area contributed by atoms with Gasteiger partial charge in [0, 0.05) is 0 Å². The predicted molar refractivity (Wildman–Crippen MR) is 38.5 cm³/mol. The molecule has 0 unspecified atom stereocenters. The first kappa shape index (κ1) is 7.32. The Morgan fingerprint density at radius 3 is 2.90 bits per heavy atom. The third-order valence-electron chi connectivity index (χ3n) is 1.80. The minimum absolute atomic E-state index is 0.0654. The molecule has 0 aromatic rings. The molecule has 2 nitrogen and oxygen atoms in total. The molecule has 0 N–H and O–H groups in total. The van der Waals surface area contributed by atoms with E-state index in [1.165, 1.54) is 7.11 Å².